The SMILES string of the molecule is COC/C(=N/OCc1ccc(-c2ccc(C(F)(F)F)cc2)cc1)c1ccc(OCC(=S)N2CCN(C)CC2)cc1. The first-order valence-corrected chi connectivity index (χ1v) is 13.3. The monoisotopic (exact) mass is 571 g/mol. The van der Waals surface area contributed by atoms with Crippen molar-refractivity contribution in [2.45, 2.75) is 12.8 Å². The van der Waals surface area contributed by atoms with Crippen LogP contribution in [0.5, 0.6) is 5.75 Å². The lowest BCUT2D eigenvalue weighted by Gasteiger charge is -2.34. The number of hydrogen-bond acceptors (Lipinski definition) is 6. The third-order valence-electron chi connectivity index (χ3n) is 6.59. The second kappa shape index (κ2) is 13.7. The highest BCUT2D eigenvalue weighted by molar-refractivity contribution is 7.80. The van der Waals surface area contributed by atoms with Gasteiger partial charge in [-0.1, -0.05) is 53.8 Å². The molecule has 0 amide bonds. The van der Waals surface area contributed by atoms with Crippen molar-refractivity contribution in [2.24, 2.45) is 5.16 Å². The van der Waals surface area contributed by atoms with Crippen molar-refractivity contribution in [3.63, 3.8) is 0 Å². The minimum absolute atomic E-state index is 0.228. The number of nitrogens with zero attached hydrogens (tertiary/aromatic N) is 3. The molecule has 0 radical (unpaired) electrons. The van der Waals surface area contributed by atoms with Crippen molar-refractivity contribution < 1.29 is 27.5 Å². The fourth-order valence-corrected chi connectivity index (χ4v) is 4.41. The summed E-state index contributed by atoms with van der Waals surface area (Å²) in [5.74, 6) is 0.714. The molecule has 212 valence electrons. The number of hydrogen-bond donors (Lipinski definition) is 0. The van der Waals surface area contributed by atoms with Gasteiger partial charge >= 0.3 is 6.18 Å². The molecule has 4 rings (SSSR count). The molecule has 0 N–H and O–H groups in total. The van der Waals surface area contributed by atoms with Gasteiger partial charge in [0.15, 0.2) is 0 Å². The molecule has 0 spiro atoms. The van der Waals surface area contributed by atoms with Crippen LogP contribution < -0.4 is 4.74 Å². The first-order valence-electron chi connectivity index (χ1n) is 12.9. The Bertz CT molecular complexity index is 1270. The van der Waals surface area contributed by atoms with Crippen molar-refractivity contribution in [2.75, 3.05) is 53.6 Å². The number of rotatable bonds is 10. The minimum Gasteiger partial charge on any atom is -0.486 e. The Kier molecular flexibility index (Phi) is 10.1. The van der Waals surface area contributed by atoms with Crippen LogP contribution in [0.25, 0.3) is 11.1 Å². The van der Waals surface area contributed by atoms with Crippen molar-refractivity contribution in [1.29, 1.82) is 0 Å². The molecule has 0 aliphatic carbocycles. The molecule has 0 saturated carbocycles. The molecule has 0 aromatic heterocycles. The molecule has 3 aromatic carbocycles. The van der Waals surface area contributed by atoms with Gasteiger partial charge in [-0.3, -0.25) is 0 Å². The molecular weight excluding hydrogens is 539 g/mol. The van der Waals surface area contributed by atoms with Crippen LogP contribution in [-0.2, 0) is 22.4 Å². The van der Waals surface area contributed by atoms with E-state index in [-0.39, 0.29) is 13.2 Å². The van der Waals surface area contributed by atoms with Crippen LogP contribution in [0.2, 0.25) is 0 Å². The Morgan fingerprint density at radius 1 is 0.850 bits per heavy atom. The summed E-state index contributed by atoms with van der Waals surface area (Å²) in [6.07, 6.45) is -4.35. The molecule has 40 heavy (non-hydrogen) atoms. The van der Waals surface area contributed by atoms with Gasteiger partial charge in [0.1, 0.15) is 29.7 Å². The van der Waals surface area contributed by atoms with E-state index in [0.717, 1.165) is 60.0 Å². The molecule has 1 aliphatic rings. The molecule has 0 bridgehead atoms. The van der Waals surface area contributed by atoms with Gasteiger partial charge in [0.05, 0.1) is 12.2 Å². The fourth-order valence-electron chi connectivity index (χ4n) is 4.16. The lowest BCUT2D eigenvalue weighted by atomic mass is 10.0. The van der Waals surface area contributed by atoms with Gasteiger partial charge < -0.3 is 24.1 Å². The number of likely N-dealkylation sites (N-methyl/N-ethyl adjacent to an activating group) is 1. The van der Waals surface area contributed by atoms with Crippen LogP contribution in [0.1, 0.15) is 16.7 Å². The predicted octanol–water partition coefficient (Wildman–Crippen LogP) is 5.89. The molecule has 10 heteroatoms. The number of oxime groups is 1. The van der Waals surface area contributed by atoms with Gasteiger partial charge in [-0.15, -0.1) is 0 Å². The zero-order valence-corrected chi connectivity index (χ0v) is 23.3. The predicted molar refractivity (Wildman–Crippen MR) is 154 cm³/mol. The number of ether oxygens (including phenoxy) is 2. The Labute approximate surface area is 237 Å². The zero-order chi connectivity index (χ0) is 28.5. The molecular formula is C30H32F3N3O3S. The molecule has 0 unspecified atom stereocenters. The smallest absolute Gasteiger partial charge is 0.416 e. The summed E-state index contributed by atoms with van der Waals surface area (Å²) in [6.45, 7) is 4.67. The van der Waals surface area contributed by atoms with E-state index in [4.69, 9.17) is 26.5 Å². The van der Waals surface area contributed by atoms with Crippen LogP contribution in [-0.4, -0.2) is 74.1 Å². The van der Waals surface area contributed by atoms with Gasteiger partial charge in [-0.25, -0.2) is 0 Å². The van der Waals surface area contributed by atoms with Gasteiger partial charge in [0.25, 0.3) is 0 Å². The van der Waals surface area contributed by atoms with Gasteiger partial charge in [-0.05, 0) is 60.1 Å². The molecule has 0 atom stereocenters. The molecule has 1 fully saturated rings. The largest absolute Gasteiger partial charge is 0.486 e. The highest BCUT2D eigenvalue weighted by Gasteiger charge is 2.30. The maximum Gasteiger partial charge on any atom is 0.416 e. The summed E-state index contributed by atoms with van der Waals surface area (Å²) < 4.78 is 49.6. The Hall–Kier alpha value is -3.47. The maximum atomic E-state index is 12.8. The first-order chi connectivity index (χ1) is 19.2. The van der Waals surface area contributed by atoms with E-state index in [2.05, 4.69) is 22.0 Å². The average Bonchev–Trinajstić information content (AvgIpc) is 2.96. The average molecular weight is 572 g/mol. The van der Waals surface area contributed by atoms with Gasteiger partial charge in [0, 0.05) is 38.9 Å². The van der Waals surface area contributed by atoms with Crippen molar-refractivity contribution in [3.05, 3.63) is 89.5 Å². The maximum absolute atomic E-state index is 12.8. The van der Waals surface area contributed by atoms with Crippen molar-refractivity contribution in [1.82, 2.24) is 9.80 Å². The molecule has 1 heterocycles. The van der Waals surface area contributed by atoms with Gasteiger partial charge in [0.2, 0.25) is 0 Å². The Morgan fingerprint density at radius 3 is 2.02 bits per heavy atom. The van der Waals surface area contributed by atoms with Gasteiger partial charge in [-0.2, -0.15) is 13.2 Å². The Balaban J connectivity index is 1.30. The van der Waals surface area contributed by atoms with E-state index in [1.165, 1.54) is 12.1 Å². The van der Waals surface area contributed by atoms with Crippen LogP contribution >= 0.6 is 12.2 Å². The first kappa shape index (κ1) is 29.5. The number of benzene rings is 3. The molecule has 1 saturated heterocycles. The minimum atomic E-state index is -4.35. The van der Waals surface area contributed by atoms with E-state index < -0.39 is 11.7 Å². The lowest BCUT2D eigenvalue weighted by Crippen LogP contribution is -2.47. The second-order valence-corrected chi connectivity index (χ2v) is 9.98. The number of alkyl halides is 3. The summed E-state index contributed by atoms with van der Waals surface area (Å²) in [5, 5.41) is 4.28. The normalized spacial score (nSPS) is 14.7. The number of piperazine rings is 1. The second-order valence-electron chi connectivity index (χ2n) is 9.51. The number of halogens is 3. The summed E-state index contributed by atoms with van der Waals surface area (Å²) in [5.41, 5.74) is 3.19. The summed E-state index contributed by atoms with van der Waals surface area (Å²) in [6, 6.07) is 20.0. The fraction of sp³-hybridized carbons (Fsp3) is 0.333. The third kappa shape index (κ3) is 8.27. The van der Waals surface area contributed by atoms with E-state index in [1.807, 2.05) is 48.5 Å². The zero-order valence-electron chi connectivity index (χ0n) is 22.5. The summed E-state index contributed by atoms with van der Waals surface area (Å²) in [7, 11) is 3.70. The lowest BCUT2D eigenvalue weighted by molar-refractivity contribution is -0.137. The highest BCUT2D eigenvalue weighted by Crippen LogP contribution is 2.31. The third-order valence-corrected chi connectivity index (χ3v) is 6.97. The Morgan fingerprint density at radius 2 is 1.45 bits per heavy atom. The van der Waals surface area contributed by atoms with Crippen LogP contribution in [0.15, 0.2) is 78.0 Å². The molecule has 6 nitrogen and oxygen atoms in total. The topological polar surface area (TPSA) is 46.5 Å². The quantitative estimate of drug-likeness (QED) is 0.172. The van der Waals surface area contributed by atoms with Crippen LogP contribution in [0.3, 0.4) is 0 Å². The summed E-state index contributed by atoms with van der Waals surface area (Å²) >= 11 is 5.54. The highest BCUT2D eigenvalue weighted by atomic mass is 32.1. The van der Waals surface area contributed by atoms with Crippen LogP contribution in [0.4, 0.5) is 13.2 Å². The van der Waals surface area contributed by atoms with Crippen molar-refractivity contribution in [3.8, 4) is 16.9 Å². The molecule has 1 aliphatic heterocycles. The van der Waals surface area contributed by atoms with E-state index >= 15 is 0 Å². The number of methoxy groups -OCH3 is 1. The van der Waals surface area contributed by atoms with E-state index in [9.17, 15) is 13.2 Å². The van der Waals surface area contributed by atoms with E-state index in [0.29, 0.717) is 23.6 Å². The summed E-state index contributed by atoms with van der Waals surface area (Å²) in [4.78, 5) is 10.9. The van der Waals surface area contributed by atoms with Crippen molar-refractivity contribution >= 4 is 22.9 Å². The standard InChI is InChI=1S/C30H32F3N3O3S/c1-35-15-17-36(18-16-35)29(40)21-38-27-13-9-25(10-14-27)28(20-37-2)34-39-19-22-3-5-23(6-4-22)24-7-11-26(12-8-24)30(31,32)33/h3-14H,15-21H2,1-2H3/b34-28-. The van der Waals surface area contributed by atoms with Crippen LogP contribution in [0, 0.1) is 0 Å². The number of thiocarbonyl (C=S) groups is 1. The molecule has 3 aromatic rings. The van der Waals surface area contributed by atoms with E-state index in [1.54, 1.807) is 7.11 Å².